The van der Waals surface area contributed by atoms with Gasteiger partial charge >= 0.3 is 5.97 Å². The number of para-hydroxylation sites is 1. The number of carboxylic acids is 1. The lowest BCUT2D eigenvalue weighted by Crippen LogP contribution is -2.44. The van der Waals surface area contributed by atoms with E-state index in [1.165, 1.54) is 0 Å². The summed E-state index contributed by atoms with van der Waals surface area (Å²) in [5.74, 6) is -0.696. The summed E-state index contributed by atoms with van der Waals surface area (Å²) in [6.07, 6.45) is 3.49. The van der Waals surface area contributed by atoms with Crippen LogP contribution in [-0.4, -0.2) is 24.0 Å². The predicted octanol–water partition coefficient (Wildman–Crippen LogP) is 2.10. The Kier molecular flexibility index (Phi) is 2.62. The maximum absolute atomic E-state index is 11.9. The number of hydrogen-bond donors (Lipinski definition) is 1. The van der Waals surface area contributed by atoms with Crippen molar-refractivity contribution in [2.75, 3.05) is 11.9 Å². The summed E-state index contributed by atoms with van der Waals surface area (Å²) in [7, 11) is 1.75. The molecule has 1 heterocycles. The van der Waals surface area contributed by atoms with Crippen LogP contribution in [0.2, 0.25) is 0 Å². The Labute approximate surface area is 112 Å². The van der Waals surface area contributed by atoms with Gasteiger partial charge in [0.25, 0.3) is 0 Å². The Hall–Kier alpha value is -1.84. The summed E-state index contributed by atoms with van der Waals surface area (Å²) in [5, 5.41) is 9.59. The molecule has 1 saturated carbocycles. The number of fused-ring (bicyclic) bond motifs is 1. The molecule has 4 nitrogen and oxygen atoms in total. The number of carbonyl (C=O) groups is 2. The van der Waals surface area contributed by atoms with Gasteiger partial charge in [0.2, 0.25) is 5.91 Å². The minimum Gasteiger partial charge on any atom is -0.481 e. The quantitative estimate of drug-likeness (QED) is 0.884. The molecule has 0 radical (unpaired) electrons. The number of rotatable bonds is 2. The van der Waals surface area contributed by atoms with Crippen molar-refractivity contribution in [2.45, 2.75) is 37.5 Å². The predicted molar refractivity (Wildman–Crippen MR) is 71.3 cm³/mol. The van der Waals surface area contributed by atoms with E-state index < -0.39 is 11.4 Å². The molecule has 0 bridgehead atoms. The highest BCUT2D eigenvalue weighted by Gasteiger charge is 2.48. The summed E-state index contributed by atoms with van der Waals surface area (Å²) in [6, 6.07) is 5.79. The van der Waals surface area contributed by atoms with Gasteiger partial charge in [-0.25, -0.2) is 0 Å². The number of hydrogen-bond acceptors (Lipinski definition) is 2. The molecule has 2 aliphatic rings. The molecule has 0 saturated heterocycles. The van der Waals surface area contributed by atoms with Gasteiger partial charge in [0.15, 0.2) is 0 Å². The van der Waals surface area contributed by atoms with E-state index >= 15 is 0 Å². The second-order valence-corrected chi connectivity index (χ2v) is 5.51. The summed E-state index contributed by atoms with van der Waals surface area (Å²) in [5.41, 5.74) is 1.96. The maximum Gasteiger partial charge on any atom is 0.314 e. The van der Waals surface area contributed by atoms with Crippen molar-refractivity contribution in [1.82, 2.24) is 0 Å². The third kappa shape index (κ3) is 1.59. The molecule has 19 heavy (non-hydrogen) atoms. The summed E-state index contributed by atoms with van der Waals surface area (Å²) in [4.78, 5) is 25.2. The van der Waals surface area contributed by atoms with Crippen molar-refractivity contribution < 1.29 is 14.7 Å². The van der Waals surface area contributed by atoms with E-state index in [0.717, 1.165) is 23.2 Å². The average Bonchev–Trinajstić information content (AvgIpc) is 2.32. The van der Waals surface area contributed by atoms with E-state index in [4.69, 9.17) is 0 Å². The van der Waals surface area contributed by atoms with E-state index in [0.29, 0.717) is 25.7 Å². The molecule has 0 unspecified atom stereocenters. The number of amides is 1. The minimum absolute atomic E-state index is 0.0693. The number of nitrogens with zero attached hydrogens (tertiary/aromatic N) is 1. The van der Waals surface area contributed by atoms with Crippen molar-refractivity contribution in [3.63, 3.8) is 0 Å². The van der Waals surface area contributed by atoms with E-state index in [-0.39, 0.29) is 5.91 Å². The number of aliphatic carboxylic acids is 1. The van der Waals surface area contributed by atoms with Crippen molar-refractivity contribution >= 4 is 17.6 Å². The highest BCUT2D eigenvalue weighted by Crippen LogP contribution is 2.49. The minimum atomic E-state index is -0.781. The number of carboxylic acid groups (broad SMARTS) is 1. The highest BCUT2D eigenvalue weighted by molar-refractivity contribution is 5.98. The van der Waals surface area contributed by atoms with Gasteiger partial charge in [0.05, 0.1) is 11.1 Å². The molecule has 100 valence electrons. The Morgan fingerprint density at radius 3 is 2.63 bits per heavy atom. The van der Waals surface area contributed by atoms with Crippen molar-refractivity contribution in [2.24, 2.45) is 0 Å². The van der Waals surface area contributed by atoms with Gasteiger partial charge < -0.3 is 10.0 Å². The van der Waals surface area contributed by atoms with Gasteiger partial charge in [-0.15, -0.1) is 0 Å². The topological polar surface area (TPSA) is 57.6 Å². The lowest BCUT2D eigenvalue weighted by molar-refractivity contribution is -0.147. The molecule has 0 aromatic heterocycles. The Morgan fingerprint density at radius 2 is 2.05 bits per heavy atom. The average molecular weight is 259 g/mol. The Balaban J connectivity index is 2.18. The molecule has 0 atom stereocenters. The lowest BCUT2D eigenvalue weighted by atomic mass is 9.63. The van der Waals surface area contributed by atoms with Crippen LogP contribution in [0.25, 0.3) is 0 Å². The van der Waals surface area contributed by atoms with Crippen LogP contribution in [0.15, 0.2) is 18.2 Å². The third-order valence-corrected chi connectivity index (χ3v) is 4.57. The third-order valence-electron chi connectivity index (χ3n) is 4.57. The molecule has 1 aromatic rings. The normalized spacial score (nSPS) is 20.7. The first kappa shape index (κ1) is 12.2. The van der Waals surface area contributed by atoms with Crippen LogP contribution in [0.5, 0.6) is 0 Å². The fourth-order valence-corrected chi connectivity index (χ4v) is 3.24. The lowest BCUT2D eigenvalue weighted by Gasteiger charge is -2.41. The second kappa shape index (κ2) is 4.08. The van der Waals surface area contributed by atoms with Crippen LogP contribution in [0.1, 0.15) is 36.8 Å². The molecule has 1 fully saturated rings. The monoisotopic (exact) mass is 259 g/mol. The molecule has 3 rings (SSSR count). The van der Waals surface area contributed by atoms with E-state index in [9.17, 15) is 14.7 Å². The van der Waals surface area contributed by atoms with E-state index in [1.54, 1.807) is 11.9 Å². The van der Waals surface area contributed by atoms with Crippen molar-refractivity contribution in [3.05, 3.63) is 29.3 Å². The molecular formula is C15H17NO3. The van der Waals surface area contributed by atoms with Crippen LogP contribution in [-0.2, 0) is 21.4 Å². The number of carbonyl (C=O) groups excluding carboxylic acids is 1. The molecule has 0 spiro atoms. The van der Waals surface area contributed by atoms with Gasteiger partial charge in [0.1, 0.15) is 0 Å². The van der Waals surface area contributed by atoms with Gasteiger partial charge in [-0.05, 0) is 30.4 Å². The molecule has 4 heteroatoms. The Morgan fingerprint density at radius 1 is 1.32 bits per heavy atom. The zero-order valence-electron chi connectivity index (χ0n) is 11.0. The van der Waals surface area contributed by atoms with Gasteiger partial charge in [-0.2, -0.15) is 0 Å². The van der Waals surface area contributed by atoms with E-state index in [2.05, 4.69) is 0 Å². The van der Waals surface area contributed by atoms with E-state index in [1.807, 2.05) is 18.2 Å². The molecule has 1 aliphatic carbocycles. The van der Waals surface area contributed by atoms with Gasteiger partial charge in [-0.1, -0.05) is 24.6 Å². The first-order chi connectivity index (χ1) is 9.06. The fraction of sp³-hybridized carbons (Fsp3) is 0.467. The molecular weight excluding hydrogens is 242 g/mol. The summed E-state index contributed by atoms with van der Waals surface area (Å²) >= 11 is 0. The number of anilines is 1. The maximum atomic E-state index is 11.9. The van der Waals surface area contributed by atoms with Crippen LogP contribution in [0, 0.1) is 0 Å². The standard InChI is InChI=1S/C15H17NO3/c1-16-12(17)7-6-10-4-2-5-11(13(10)16)15(14(18)19)8-3-9-15/h2,4-5H,3,6-9H2,1H3,(H,18,19). The number of benzene rings is 1. The Bertz CT molecular complexity index is 561. The smallest absolute Gasteiger partial charge is 0.314 e. The SMILES string of the molecule is CN1C(=O)CCc2cccc(C3(C(=O)O)CCC3)c21. The molecule has 1 N–H and O–H groups in total. The summed E-state index contributed by atoms with van der Waals surface area (Å²) < 4.78 is 0. The molecule has 1 amide bonds. The zero-order chi connectivity index (χ0) is 13.6. The summed E-state index contributed by atoms with van der Waals surface area (Å²) in [6.45, 7) is 0. The van der Waals surface area contributed by atoms with Crippen LogP contribution in [0.3, 0.4) is 0 Å². The fourth-order valence-electron chi connectivity index (χ4n) is 3.24. The zero-order valence-corrected chi connectivity index (χ0v) is 11.0. The molecule has 1 aromatic carbocycles. The van der Waals surface area contributed by atoms with Crippen LogP contribution < -0.4 is 4.90 Å². The van der Waals surface area contributed by atoms with Crippen molar-refractivity contribution in [1.29, 1.82) is 0 Å². The molecule has 1 aliphatic heterocycles. The van der Waals surface area contributed by atoms with Gasteiger partial charge in [-0.3, -0.25) is 9.59 Å². The van der Waals surface area contributed by atoms with Crippen LogP contribution >= 0.6 is 0 Å². The first-order valence-corrected chi connectivity index (χ1v) is 6.68. The van der Waals surface area contributed by atoms with Gasteiger partial charge in [0, 0.05) is 13.5 Å². The second-order valence-electron chi connectivity index (χ2n) is 5.51. The van der Waals surface area contributed by atoms with Crippen LogP contribution in [0.4, 0.5) is 5.69 Å². The highest BCUT2D eigenvalue weighted by atomic mass is 16.4. The van der Waals surface area contributed by atoms with Crippen molar-refractivity contribution in [3.8, 4) is 0 Å². The number of aryl methyl sites for hydroxylation is 1. The first-order valence-electron chi connectivity index (χ1n) is 6.68. The largest absolute Gasteiger partial charge is 0.481 e.